The highest BCUT2D eigenvalue weighted by molar-refractivity contribution is 6.42. The van der Waals surface area contributed by atoms with Crippen molar-refractivity contribution in [3.8, 4) is 0 Å². The van der Waals surface area contributed by atoms with Crippen molar-refractivity contribution in [1.29, 1.82) is 0 Å². The van der Waals surface area contributed by atoms with E-state index in [0.29, 0.717) is 10.0 Å². The van der Waals surface area contributed by atoms with Gasteiger partial charge in [0.1, 0.15) is 0 Å². The van der Waals surface area contributed by atoms with E-state index in [9.17, 15) is 0 Å². The molecule has 0 unspecified atom stereocenters. The van der Waals surface area contributed by atoms with E-state index in [1.165, 1.54) is 5.56 Å². The molecule has 0 spiro atoms. The maximum Gasteiger partial charge on any atom is 0.0598 e. The summed E-state index contributed by atoms with van der Waals surface area (Å²) in [6.45, 7) is 4.59. The molecule has 2 aromatic carbocycles. The molecule has 0 atom stereocenters. The average Bonchev–Trinajstić information content (AvgIpc) is 2.59. The Balaban J connectivity index is 1.52. The van der Waals surface area contributed by atoms with Gasteiger partial charge in [-0.15, -0.1) is 0 Å². The summed E-state index contributed by atoms with van der Waals surface area (Å²) in [5, 5.41) is 8.55. The van der Waals surface area contributed by atoms with Crippen molar-refractivity contribution in [2.24, 2.45) is 5.10 Å². The third kappa shape index (κ3) is 4.64. The summed E-state index contributed by atoms with van der Waals surface area (Å²) in [5.74, 6) is 0. The van der Waals surface area contributed by atoms with E-state index in [2.05, 4.69) is 21.1 Å². The number of hydrazone groups is 1. The van der Waals surface area contributed by atoms with Crippen molar-refractivity contribution < 1.29 is 0 Å². The summed E-state index contributed by atoms with van der Waals surface area (Å²) >= 11 is 18.2. The molecule has 0 N–H and O–H groups in total. The summed E-state index contributed by atoms with van der Waals surface area (Å²) in [6, 6.07) is 13.5. The van der Waals surface area contributed by atoms with Gasteiger partial charge >= 0.3 is 0 Å². The Morgan fingerprint density at radius 3 is 2.33 bits per heavy atom. The quantitative estimate of drug-likeness (QED) is 0.707. The SMILES string of the molecule is Clc1ccc(/C=N\N2CCN(Cc3ccccc3Cl)CC2)cc1Cl. The van der Waals surface area contributed by atoms with Crippen molar-refractivity contribution in [3.63, 3.8) is 0 Å². The average molecular weight is 383 g/mol. The van der Waals surface area contributed by atoms with Crippen LogP contribution in [-0.4, -0.2) is 42.3 Å². The van der Waals surface area contributed by atoms with Crippen LogP contribution in [0.25, 0.3) is 0 Å². The van der Waals surface area contributed by atoms with Crippen LogP contribution in [0.15, 0.2) is 47.6 Å². The number of nitrogens with zero attached hydrogens (tertiary/aromatic N) is 3. The Bertz CT molecular complexity index is 725. The molecule has 0 aromatic heterocycles. The number of benzene rings is 2. The van der Waals surface area contributed by atoms with Gasteiger partial charge in [-0.05, 0) is 29.3 Å². The van der Waals surface area contributed by atoms with Gasteiger partial charge in [-0.3, -0.25) is 9.91 Å². The normalized spacial score (nSPS) is 16.0. The molecule has 0 aliphatic carbocycles. The first-order valence-corrected chi connectivity index (χ1v) is 8.95. The van der Waals surface area contributed by atoms with Crippen LogP contribution in [0.2, 0.25) is 15.1 Å². The highest BCUT2D eigenvalue weighted by Crippen LogP contribution is 2.22. The van der Waals surface area contributed by atoms with Gasteiger partial charge in [-0.2, -0.15) is 5.10 Å². The Morgan fingerprint density at radius 1 is 0.875 bits per heavy atom. The lowest BCUT2D eigenvalue weighted by molar-refractivity contribution is 0.131. The smallest absolute Gasteiger partial charge is 0.0598 e. The highest BCUT2D eigenvalue weighted by Gasteiger charge is 2.16. The zero-order valence-electron chi connectivity index (χ0n) is 13.1. The van der Waals surface area contributed by atoms with Crippen LogP contribution in [0.5, 0.6) is 0 Å². The molecule has 1 aliphatic heterocycles. The van der Waals surface area contributed by atoms with Crippen LogP contribution in [0.3, 0.4) is 0 Å². The number of piperazine rings is 1. The van der Waals surface area contributed by atoms with Gasteiger partial charge in [0.2, 0.25) is 0 Å². The highest BCUT2D eigenvalue weighted by atomic mass is 35.5. The van der Waals surface area contributed by atoms with E-state index in [4.69, 9.17) is 34.8 Å². The Kier molecular flexibility index (Phi) is 6.01. The lowest BCUT2D eigenvalue weighted by Crippen LogP contribution is -2.43. The summed E-state index contributed by atoms with van der Waals surface area (Å²) in [6.07, 6.45) is 1.83. The molecule has 3 rings (SSSR count). The maximum absolute atomic E-state index is 6.23. The van der Waals surface area contributed by atoms with E-state index in [-0.39, 0.29) is 0 Å². The second-order valence-electron chi connectivity index (χ2n) is 5.74. The molecule has 0 bridgehead atoms. The second kappa shape index (κ2) is 8.21. The predicted octanol–water partition coefficient (Wildman–Crippen LogP) is 4.80. The molecular weight excluding hydrogens is 365 g/mol. The zero-order valence-corrected chi connectivity index (χ0v) is 15.4. The maximum atomic E-state index is 6.23. The molecule has 126 valence electrons. The lowest BCUT2D eigenvalue weighted by atomic mass is 10.2. The van der Waals surface area contributed by atoms with E-state index in [1.807, 2.05) is 36.5 Å². The van der Waals surface area contributed by atoms with Crippen LogP contribution >= 0.6 is 34.8 Å². The molecule has 1 aliphatic rings. The zero-order chi connectivity index (χ0) is 16.9. The molecule has 0 amide bonds. The van der Waals surface area contributed by atoms with Gasteiger partial charge in [0, 0.05) is 37.7 Å². The molecule has 1 fully saturated rings. The fraction of sp³-hybridized carbons (Fsp3) is 0.278. The topological polar surface area (TPSA) is 18.8 Å². The van der Waals surface area contributed by atoms with Crippen LogP contribution in [0.4, 0.5) is 0 Å². The van der Waals surface area contributed by atoms with Crippen LogP contribution in [0.1, 0.15) is 11.1 Å². The molecule has 2 aromatic rings. The minimum Gasteiger partial charge on any atom is -0.295 e. The van der Waals surface area contributed by atoms with Crippen LogP contribution < -0.4 is 0 Å². The Hall–Kier alpha value is -1.26. The summed E-state index contributed by atoms with van der Waals surface area (Å²) in [5.41, 5.74) is 2.12. The predicted molar refractivity (Wildman–Crippen MR) is 102 cm³/mol. The van der Waals surface area contributed by atoms with E-state index < -0.39 is 0 Å². The summed E-state index contributed by atoms with van der Waals surface area (Å²) in [7, 11) is 0. The van der Waals surface area contributed by atoms with Gasteiger partial charge in [0.25, 0.3) is 0 Å². The Morgan fingerprint density at radius 2 is 1.62 bits per heavy atom. The lowest BCUT2D eigenvalue weighted by Gasteiger charge is -2.33. The first-order valence-electron chi connectivity index (χ1n) is 7.81. The molecule has 6 heteroatoms. The van der Waals surface area contributed by atoms with Crippen molar-refractivity contribution in [1.82, 2.24) is 9.91 Å². The number of hydrogen-bond donors (Lipinski definition) is 0. The van der Waals surface area contributed by atoms with Crippen LogP contribution in [0, 0.1) is 0 Å². The van der Waals surface area contributed by atoms with Gasteiger partial charge in [-0.1, -0.05) is 59.1 Å². The standard InChI is InChI=1S/C18H18Cl3N3/c19-16-4-2-1-3-15(16)13-23-7-9-24(10-8-23)22-12-14-5-6-17(20)18(21)11-14/h1-6,11-12H,7-10,13H2/b22-12-. The number of halogens is 3. The minimum atomic E-state index is 0.546. The second-order valence-corrected chi connectivity index (χ2v) is 6.96. The van der Waals surface area contributed by atoms with Gasteiger partial charge in [0.05, 0.1) is 16.3 Å². The third-order valence-electron chi connectivity index (χ3n) is 4.01. The van der Waals surface area contributed by atoms with Crippen molar-refractivity contribution in [3.05, 3.63) is 68.7 Å². The molecule has 1 heterocycles. The van der Waals surface area contributed by atoms with Gasteiger partial charge in [-0.25, -0.2) is 0 Å². The van der Waals surface area contributed by atoms with Crippen molar-refractivity contribution in [2.45, 2.75) is 6.54 Å². The summed E-state index contributed by atoms with van der Waals surface area (Å²) in [4.78, 5) is 2.40. The minimum absolute atomic E-state index is 0.546. The largest absolute Gasteiger partial charge is 0.295 e. The third-order valence-corrected chi connectivity index (χ3v) is 5.12. The van der Waals surface area contributed by atoms with E-state index in [1.54, 1.807) is 6.07 Å². The van der Waals surface area contributed by atoms with Gasteiger partial charge < -0.3 is 0 Å². The molecule has 0 radical (unpaired) electrons. The molecule has 3 nitrogen and oxygen atoms in total. The van der Waals surface area contributed by atoms with Crippen molar-refractivity contribution >= 4 is 41.0 Å². The first kappa shape index (κ1) is 17.6. The monoisotopic (exact) mass is 381 g/mol. The molecular formula is C18H18Cl3N3. The van der Waals surface area contributed by atoms with E-state index >= 15 is 0 Å². The van der Waals surface area contributed by atoms with Gasteiger partial charge in [0.15, 0.2) is 0 Å². The Labute approximate surface area is 157 Å². The fourth-order valence-corrected chi connectivity index (χ4v) is 3.12. The molecule has 24 heavy (non-hydrogen) atoms. The molecule has 0 saturated carbocycles. The number of hydrogen-bond acceptors (Lipinski definition) is 3. The van der Waals surface area contributed by atoms with E-state index in [0.717, 1.165) is 43.3 Å². The first-order chi connectivity index (χ1) is 11.6. The fourth-order valence-electron chi connectivity index (χ4n) is 2.62. The van der Waals surface area contributed by atoms with Crippen LogP contribution in [-0.2, 0) is 6.54 Å². The number of rotatable bonds is 4. The molecule has 1 saturated heterocycles. The van der Waals surface area contributed by atoms with Crippen molar-refractivity contribution in [2.75, 3.05) is 26.2 Å². The summed E-state index contributed by atoms with van der Waals surface area (Å²) < 4.78 is 0.